The summed E-state index contributed by atoms with van der Waals surface area (Å²) in [6, 6.07) is 9.98. The first-order valence-corrected chi connectivity index (χ1v) is 9.71. The molecule has 1 aromatic heterocycles. The maximum Gasteiger partial charge on any atom is 0.118 e. The summed E-state index contributed by atoms with van der Waals surface area (Å²) in [5.41, 5.74) is 3.85. The summed E-state index contributed by atoms with van der Waals surface area (Å²) in [6.45, 7) is 3.78. The molecular formula is C21H29N3O2. The number of rotatable bonds is 6. The van der Waals surface area contributed by atoms with Crippen LogP contribution in [0.2, 0.25) is 0 Å². The molecule has 2 saturated heterocycles. The van der Waals surface area contributed by atoms with Gasteiger partial charge in [0.2, 0.25) is 0 Å². The topological polar surface area (TPSA) is 50.5 Å². The highest BCUT2D eigenvalue weighted by Gasteiger charge is 2.41. The number of aromatic nitrogens is 2. The Balaban J connectivity index is 1.45. The maximum absolute atomic E-state index is 9.13. The highest BCUT2D eigenvalue weighted by atomic mass is 16.5. The molecule has 0 spiro atoms. The van der Waals surface area contributed by atoms with Crippen LogP contribution in [-0.4, -0.2) is 45.6 Å². The second-order valence-electron chi connectivity index (χ2n) is 7.73. The smallest absolute Gasteiger partial charge is 0.118 e. The number of methoxy groups -OCH3 is 1. The molecule has 26 heavy (non-hydrogen) atoms. The van der Waals surface area contributed by atoms with Gasteiger partial charge in [-0.25, -0.2) is 0 Å². The molecular weight excluding hydrogens is 326 g/mol. The molecule has 3 atom stereocenters. The fourth-order valence-electron chi connectivity index (χ4n) is 4.81. The van der Waals surface area contributed by atoms with Crippen molar-refractivity contribution >= 4 is 0 Å². The molecule has 5 heteroatoms. The molecule has 140 valence electrons. The summed E-state index contributed by atoms with van der Waals surface area (Å²) in [4.78, 5) is 2.70. The van der Waals surface area contributed by atoms with Gasteiger partial charge in [-0.15, -0.1) is 0 Å². The normalized spacial score (nSPS) is 25.6. The van der Waals surface area contributed by atoms with E-state index in [1.54, 1.807) is 7.11 Å². The standard InChI is InChI=1S/C21H29N3O2/c1-15-18(13-23(22-15)9-10-25)14-24-19-5-6-20(24)12-17(11-19)16-3-7-21(26-2)8-4-16/h3-4,7-8,13,17,19-20,25H,5-6,9-12,14H2,1-2H3/t17?,19-,20+. The van der Waals surface area contributed by atoms with Crippen LogP contribution < -0.4 is 4.74 Å². The Morgan fingerprint density at radius 3 is 2.46 bits per heavy atom. The number of benzene rings is 1. The summed E-state index contributed by atoms with van der Waals surface area (Å²) in [6.07, 6.45) is 7.21. The molecule has 0 aliphatic carbocycles. The monoisotopic (exact) mass is 355 g/mol. The van der Waals surface area contributed by atoms with Gasteiger partial charge in [-0.1, -0.05) is 12.1 Å². The van der Waals surface area contributed by atoms with Crippen LogP contribution in [0.3, 0.4) is 0 Å². The summed E-state index contributed by atoms with van der Waals surface area (Å²) in [7, 11) is 1.72. The van der Waals surface area contributed by atoms with E-state index in [4.69, 9.17) is 9.84 Å². The Bertz CT molecular complexity index is 726. The van der Waals surface area contributed by atoms with Gasteiger partial charge in [0.15, 0.2) is 0 Å². The first-order valence-electron chi connectivity index (χ1n) is 9.71. The van der Waals surface area contributed by atoms with Crippen LogP contribution in [0, 0.1) is 6.92 Å². The number of nitrogens with zero attached hydrogens (tertiary/aromatic N) is 3. The minimum absolute atomic E-state index is 0.138. The van der Waals surface area contributed by atoms with Crippen LogP contribution in [0.1, 0.15) is 48.4 Å². The van der Waals surface area contributed by atoms with Crippen LogP contribution in [0.25, 0.3) is 0 Å². The number of fused-ring (bicyclic) bond motifs is 2. The van der Waals surface area contributed by atoms with Gasteiger partial charge < -0.3 is 9.84 Å². The van der Waals surface area contributed by atoms with E-state index in [0.29, 0.717) is 24.5 Å². The van der Waals surface area contributed by atoms with Crippen LogP contribution in [0.5, 0.6) is 5.75 Å². The Hall–Kier alpha value is -1.85. The molecule has 5 nitrogen and oxygen atoms in total. The van der Waals surface area contributed by atoms with Crippen LogP contribution in [-0.2, 0) is 13.1 Å². The van der Waals surface area contributed by atoms with Crippen molar-refractivity contribution < 1.29 is 9.84 Å². The third-order valence-corrected chi connectivity index (χ3v) is 6.20. The minimum atomic E-state index is 0.138. The van der Waals surface area contributed by atoms with Crippen LogP contribution in [0.15, 0.2) is 30.5 Å². The van der Waals surface area contributed by atoms with Gasteiger partial charge in [0, 0.05) is 30.4 Å². The summed E-state index contributed by atoms with van der Waals surface area (Å²) in [5, 5.41) is 13.7. The van der Waals surface area contributed by atoms with Crippen molar-refractivity contribution in [3.05, 3.63) is 47.3 Å². The SMILES string of the molecule is COc1ccc(C2C[C@H]3CC[C@@H](C2)N3Cc2cn(CCO)nc2C)cc1. The molecule has 0 saturated carbocycles. The molecule has 1 N–H and O–H groups in total. The quantitative estimate of drug-likeness (QED) is 0.865. The van der Waals surface area contributed by atoms with Crippen LogP contribution >= 0.6 is 0 Å². The zero-order valence-corrected chi connectivity index (χ0v) is 15.8. The van der Waals surface area contributed by atoms with Crippen molar-refractivity contribution in [1.29, 1.82) is 0 Å². The third-order valence-electron chi connectivity index (χ3n) is 6.20. The zero-order chi connectivity index (χ0) is 18.1. The van der Waals surface area contributed by atoms with Crippen molar-refractivity contribution in [2.45, 2.75) is 63.7 Å². The number of hydrogen-bond acceptors (Lipinski definition) is 4. The van der Waals surface area contributed by atoms with Crippen LogP contribution in [0.4, 0.5) is 0 Å². The lowest BCUT2D eigenvalue weighted by Crippen LogP contribution is -2.41. The predicted octanol–water partition coefficient (Wildman–Crippen LogP) is 3.10. The average Bonchev–Trinajstić information content (AvgIpc) is 3.10. The third kappa shape index (κ3) is 3.38. The molecule has 0 radical (unpaired) electrons. The Kier molecular flexibility index (Phi) is 5.00. The number of ether oxygens (including phenoxy) is 1. The summed E-state index contributed by atoms with van der Waals surface area (Å²) >= 11 is 0. The van der Waals surface area contributed by atoms with Gasteiger partial charge in [-0.05, 0) is 56.2 Å². The van der Waals surface area contributed by atoms with Crippen molar-refractivity contribution in [2.24, 2.45) is 0 Å². The molecule has 1 unspecified atom stereocenters. The molecule has 3 heterocycles. The number of hydrogen-bond donors (Lipinski definition) is 1. The molecule has 2 aliphatic heterocycles. The van der Waals surface area contributed by atoms with Gasteiger partial charge in [0.05, 0.1) is 26.0 Å². The summed E-state index contributed by atoms with van der Waals surface area (Å²) < 4.78 is 7.16. The number of aryl methyl sites for hydroxylation is 1. The lowest BCUT2D eigenvalue weighted by Gasteiger charge is -2.39. The first kappa shape index (κ1) is 17.6. The second-order valence-corrected chi connectivity index (χ2v) is 7.73. The van der Waals surface area contributed by atoms with E-state index in [2.05, 4.69) is 47.4 Å². The molecule has 2 bridgehead atoms. The molecule has 1 aromatic carbocycles. The fraction of sp³-hybridized carbons (Fsp3) is 0.571. The van der Waals surface area contributed by atoms with E-state index in [-0.39, 0.29) is 6.61 Å². The zero-order valence-electron chi connectivity index (χ0n) is 15.8. The van der Waals surface area contributed by atoms with E-state index in [1.165, 1.54) is 36.8 Å². The van der Waals surface area contributed by atoms with E-state index in [9.17, 15) is 0 Å². The van der Waals surface area contributed by atoms with Gasteiger partial charge >= 0.3 is 0 Å². The van der Waals surface area contributed by atoms with Crippen molar-refractivity contribution in [1.82, 2.24) is 14.7 Å². The van der Waals surface area contributed by atoms with Gasteiger partial charge in [-0.2, -0.15) is 5.10 Å². The first-order chi connectivity index (χ1) is 12.7. The van der Waals surface area contributed by atoms with Gasteiger partial charge in [0.25, 0.3) is 0 Å². The van der Waals surface area contributed by atoms with E-state index >= 15 is 0 Å². The van der Waals surface area contributed by atoms with E-state index in [0.717, 1.165) is 18.0 Å². The number of piperidine rings is 1. The Morgan fingerprint density at radius 2 is 1.85 bits per heavy atom. The Morgan fingerprint density at radius 1 is 1.15 bits per heavy atom. The fourth-order valence-corrected chi connectivity index (χ4v) is 4.81. The average molecular weight is 355 g/mol. The maximum atomic E-state index is 9.13. The Labute approximate surface area is 155 Å². The van der Waals surface area contributed by atoms with E-state index in [1.807, 2.05) is 4.68 Å². The van der Waals surface area contributed by atoms with Crippen molar-refractivity contribution in [3.63, 3.8) is 0 Å². The highest BCUT2D eigenvalue weighted by Crippen LogP contribution is 2.44. The van der Waals surface area contributed by atoms with E-state index < -0.39 is 0 Å². The summed E-state index contributed by atoms with van der Waals surface area (Å²) in [5.74, 6) is 1.59. The second kappa shape index (κ2) is 7.41. The molecule has 0 amide bonds. The highest BCUT2D eigenvalue weighted by molar-refractivity contribution is 5.30. The van der Waals surface area contributed by atoms with Crippen molar-refractivity contribution in [3.8, 4) is 5.75 Å². The van der Waals surface area contributed by atoms with Crippen molar-refractivity contribution in [2.75, 3.05) is 13.7 Å². The predicted molar refractivity (Wildman–Crippen MR) is 101 cm³/mol. The largest absolute Gasteiger partial charge is 0.497 e. The molecule has 2 aliphatic rings. The van der Waals surface area contributed by atoms with Gasteiger partial charge in [0.1, 0.15) is 5.75 Å². The number of aliphatic hydroxyl groups is 1. The molecule has 2 aromatic rings. The minimum Gasteiger partial charge on any atom is -0.497 e. The number of aliphatic hydroxyl groups excluding tert-OH is 1. The lowest BCUT2D eigenvalue weighted by molar-refractivity contribution is 0.118. The van der Waals surface area contributed by atoms with Gasteiger partial charge in [-0.3, -0.25) is 9.58 Å². The molecule has 4 rings (SSSR count). The lowest BCUT2D eigenvalue weighted by atomic mass is 9.85. The molecule has 2 fully saturated rings.